The molecule has 0 radical (unpaired) electrons. The van der Waals surface area contributed by atoms with E-state index in [-0.39, 0.29) is 11.5 Å². The number of aliphatic hydroxyl groups is 1. The molecule has 1 aliphatic rings. The van der Waals surface area contributed by atoms with E-state index in [2.05, 4.69) is 25.8 Å². The number of hydrogen-bond acceptors (Lipinski definition) is 1. The van der Waals surface area contributed by atoms with Crippen molar-refractivity contribution in [2.75, 3.05) is 0 Å². The van der Waals surface area contributed by atoms with E-state index in [4.69, 9.17) is 6.42 Å². The number of fused-ring (bicyclic) bond motifs is 1. The van der Waals surface area contributed by atoms with Crippen molar-refractivity contribution < 1.29 is 5.11 Å². The zero-order valence-electron chi connectivity index (χ0n) is 9.25. The van der Waals surface area contributed by atoms with Crippen LogP contribution in [0.15, 0.2) is 18.2 Å². The van der Waals surface area contributed by atoms with Gasteiger partial charge in [-0.05, 0) is 41.5 Å². The largest absolute Gasteiger partial charge is 0.388 e. The van der Waals surface area contributed by atoms with E-state index >= 15 is 0 Å². The Hall–Kier alpha value is -1.26. The molecule has 1 aliphatic carbocycles. The molecular formula is C14H16O. The maximum absolute atomic E-state index is 9.94. The van der Waals surface area contributed by atoms with Gasteiger partial charge in [0, 0.05) is 5.56 Å². The van der Waals surface area contributed by atoms with Crippen LogP contribution in [0.25, 0.3) is 0 Å². The molecule has 1 aromatic carbocycles. The Labute approximate surface area is 91.1 Å². The van der Waals surface area contributed by atoms with Gasteiger partial charge >= 0.3 is 0 Å². The van der Waals surface area contributed by atoms with Crippen LogP contribution < -0.4 is 0 Å². The maximum Gasteiger partial charge on any atom is 0.0793 e. The average molecular weight is 200 g/mol. The van der Waals surface area contributed by atoms with Crippen molar-refractivity contribution in [1.29, 1.82) is 0 Å². The molecule has 78 valence electrons. The summed E-state index contributed by atoms with van der Waals surface area (Å²) in [6.45, 7) is 4.43. The molecule has 0 fully saturated rings. The minimum absolute atomic E-state index is 0.154. The first-order chi connectivity index (χ1) is 7.04. The molecule has 0 amide bonds. The molecule has 1 N–H and O–H groups in total. The second-order valence-electron chi connectivity index (χ2n) is 4.88. The SMILES string of the molecule is C#Cc1ccc2c(c1)C(O)CCC2(C)C. The van der Waals surface area contributed by atoms with Gasteiger partial charge in [-0.2, -0.15) is 0 Å². The van der Waals surface area contributed by atoms with Gasteiger partial charge in [-0.25, -0.2) is 0 Å². The Morgan fingerprint density at radius 1 is 1.47 bits per heavy atom. The number of hydrogen-bond donors (Lipinski definition) is 1. The quantitative estimate of drug-likeness (QED) is 0.638. The lowest BCUT2D eigenvalue weighted by Crippen LogP contribution is -2.26. The van der Waals surface area contributed by atoms with E-state index in [1.165, 1.54) is 5.56 Å². The van der Waals surface area contributed by atoms with Crippen LogP contribution in [0, 0.1) is 12.3 Å². The summed E-state index contributed by atoms with van der Waals surface area (Å²) in [6.07, 6.45) is 6.87. The first-order valence-electron chi connectivity index (χ1n) is 5.34. The zero-order chi connectivity index (χ0) is 11.1. The zero-order valence-corrected chi connectivity index (χ0v) is 9.25. The summed E-state index contributed by atoms with van der Waals surface area (Å²) >= 11 is 0. The normalized spacial score (nSPS) is 22.9. The van der Waals surface area contributed by atoms with Crippen LogP contribution in [0.5, 0.6) is 0 Å². The van der Waals surface area contributed by atoms with Crippen molar-refractivity contribution in [2.45, 2.75) is 38.2 Å². The Morgan fingerprint density at radius 2 is 2.20 bits per heavy atom. The average Bonchev–Trinajstić information content (AvgIpc) is 2.23. The third-order valence-corrected chi connectivity index (χ3v) is 3.35. The van der Waals surface area contributed by atoms with Crippen LogP contribution in [0.4, 0.5) is 0 Å². The molecule has 1 aromatic rings. The summed E-state index contributed by atoms with van der Waals surface area (Å²) in [5.41, 5.74) is 3.26. The van der Waals surface area contributed by atoms with Crippen molar-refractivity contribution in [3.05, 3.63) is 34.9 Å². The molecule has 0 spiro atoms. The lowest BCUT2D eigenvalue weighted by molar-refractivity contribution is 0.139. The lowest BCUT2D eigenvalue weighted by Gasteiger charge is -2.35. The molecule has 0 aliphatic heterocycles. The number of benzene rings is 1. The number of aliphatic hydroxyl groups excluding tert-OH is 1. The Bertz CT molecular complexity index is 423. The van der Waals surface area contributed by atoms with Crippen molar-refractivity contribution in [2.24, 2.45) is 0 Å². The third-order valence-electron chi connectivity index (χ3n) is 3.35. The summed E-state index contributed by atoms with van der Waals surface area (Å²) in [5.74, 6) is 2.61. The van der Waals surface area contributed by atoms with Crippen LogP contribution in [0.2, 0.25) is 0 Å². The third kappa shape index (κ3) is 1.66. The Morgan fingerprint density at radius 3 is 2.87 bits per heavy atom. The first-order valence-corrected chi connectivity index (χ1v) is 5.34. The minimum Gasteiger partial charge on any atom is -0.388 e. The van der Waals surface area contributed by atoms with Gasteiger partial charge in [-0.15, -0.1) is 6.42 Å². The molecule has 15 heavy (non-hydrogen) atoms. The molecule has 0 bridgehead atoms. The number of rotatable bonds is 0. The van der Waals surface area contributed by atoms with Crippen LogP contribution in [0.1, 0.15) is 49.5 Å². The molecule has 0 saturated heterocycles. The van der Waals surface area contributed by atoms with Gasteiger partial charge in [0.1, 0.15) is 0 Å². The molecular weight excluding hydrogens is 184 g/mol. The van der Waals surface area contributed by atoms with E-state index in [1.54, 1.807) is 0 Å². The summed E-state index contributed by atoms with van der Waals surface area (Å²) < 4.78 is 0. The highest BCUT2D eigenvalue weighted by Crippen LogP contribution is 2.41. The van der Waals surface area contributed by atoms with Gasteiger partial charge < -0.3 is 5.11 Å². The highest BCUT2D eigenvalue weighted by molar-refractivity contribution is 5.44. The van der Waals surface area contributed by atoms with Gasteiger partial charge in [0.25, 0.3) is 0 Å². The molecule has 1 atom stereocenters. The predicted molar refractivity (Wildman–Crippen MR) is 61.6 cm³/mol. The topological polar surface area (TPSA) is 20.2 Å². The van der Waals surface area contributed by atoms with Gasteiger partial charge in [0.2, 0.25) is 0 Å². The molecule has 2 rings (SSSR count). The molecule has 0 aromatic heterocycles. The van der Waals surface area contributed by atoms with Crippen LogP contribution >= 0.6 is 0 Å². The number of terminal acetylenes is 1. The monoisotopic (exact) mass is 200 g/mol. The molecule has 1 heteroatoms. The predicted octanol–water partition coefficient (Wildman–Crippen LogP) is 2.77. The maximum atomic E-state index is 9.94. The van der Waals surface area contributed by atoms with E-state index in [0.29, 0.717) is 0 Å². The van der Waals surface area contributed by atoms with Crippen molar-refractivity contribution in [3.63, 3.8) is 0 Å². The fourth-order valence-electron chi connectivity index (χ4n) is 2.33. The molecule has 0 heterocycles. The van der Waals surface area contributed by atoms with Crippen LogP contribution in [-0.4, -0.2) is 5.11 Å². The molecule has 1 unspecified atom stereocenters. The van der Waals surface area contributed by atoms with Gasteiger partial charge in [-0.3, -0.25) is 0 Å². The summed E-state index contributed by atoms with van der Waals surface area (Å²) in [6, 6.07) is 5.96. The van der Waals surface area contributed by atoms with Crippen molar-refractivity contribution in [3.8, 4) is 12.3 Å². The van der Waals surface area contributed by atoms with Crippen LogP contribution in [0.3, 0.4) is 0 Å². The highest BCUT2D eigenvalue weighted by atomic mass is 16.3. The summed E-state index contributed by atoms with van der Waals surface area (Å²) in [5, 5.41) is 9.94. The van der Waals surface area contributed by atoms with E-state index in [9.17, 15) is 5.11 Å². The molecule has 0 saturated carbocycles. The van der Waals surface area contributed by atoms with Crippen molar-refractivity contribution >= 4 is 0 Å². The lowest BCUT2D eigenvalue weighted by atomic mass is 9.71. The highest BCUT2D eigenvalue weighted by Gasteiger charge is 2.31. The van der Waals surface area contributed by atoms with Crippen LogP contribution in [-0.2, 0) is 5.41 Å². The van der Waals surface area contributed by atoms with Gasteiger partial charge in [0.05, 0.1) is 6.10 Å². The second-order valence-corrected chi connectivity index (χ2v) is 4.88. The summed E-state index contributed by atoms with van der Waals surface area (Å²) in [4.78, 5) is 0. The van der Waals surface area contributed by atoms with E-state index in [0.717, 1.165) is 24.0 Å². The standard InChI is InChI=1S/C14H16O/c1-4-10-5-6-12-11(9-10)13(15)7-8-14(12,2)3/h1,5-6,9,13,15H,7-8H2,2-3H3. The van der Waals surface area contributed by atoms with E-state index < -0.39 is 0 Å². The summed E-state index contributed by atoms with van der Waals surface area (Å²) in [7, 11) is 0. The van der Waals surface area contributed by atoms with Crippen molar-refractivity contribution in [1.82, 2.24) is 0 Å². The fraction of sp³-hybridized carbons (Fsp3) is 0.429. The second kappa shape index (κ2) is 3.40. The fourth-order valence-corrected chi connectivity index (χ4v) is 2.33. The Kier molecular flexibility index (Phi) is 2.32. The smallest absolute Gasteiger partial charge is 0.0793 e. The Balaban J connectivity index is 2.58. The first kappa shape index (κ1) is 10.3. The van der Waals surface area contributed by atoms with Gasteiger partial charge in [0.15, 0.2) is 0 Å². The van der Waals surface area contributed by atoms with E-state index in [1.807, 2.05) is 12.1 Å². The molecule has 1 nitrogen and oxygen atoms in total. The minimum atomic E-state index is -0.346. The van der Waals surface area contributed by atoms with Gasteiger partial charge in [-0.1, -0.05) is 25.8 Å².